The van der Waals surface area contributed by atoms with E-state index in [0.717, 1.165) is 5.56 Å². The third-order valence-electron chi connectivity index (χ3n) is 5.04. The first-order valence-corrected chi connectivity index (χ1v) is 8.17. The third-order valence-corrected chi connectivity index (χ3v) is 5.04. The molecule has 0 radical (unpaired) electrons. The monoisotopic (exact) mass is 352 g/mol. The van der Waals surface area contributed by atoms with Crippen molar-refractivity contribution < 1.29 is 49.0 Å². The van der Waals surface area contributed by atoms with Gasteiger partial charge in [-0.2, -0.15) is 0 Å². The van der Waals surface area contributed by atoms with Crippen molar-refractivity contribution in [3.05, 3.63) is 35.9 Å². The number of hydrogen-bond donors (Lipinski definition) is 1. The molecule has 3 rings (SSSR count). The van der Waals surface area contributed by atoms with Crippen molar-refractivity contribution in [3.63, 3.8) is 0 Å². The van der Waals surface area contributed by atoms with E-state index in [1.54, 1.807) is 0 Å². The molecule has 7 heteroatoms. The molecule has 2 heterocycles. The van der Waals surface area contributed by atoms with E-state index in [9.17, 15) is 19.5 Å². The molecule has 0 bridgehead atoms. The minimum absolute atomic E-state index is 0. The van der Waals surface area contributed by atoms with Crippen molar-refractivity contribution in [1.82, 2.24) is 10.2 Å². The Morgan fingerprint density at radius 1 is 1.28 bits per heavy atom. The summed E-state index contributed by atoms with van der Waals surface area (Å²) in [5.74, 6) is -1.75. The van der Waals surface area contributed by atoms with Gasteiger partial charge in [-0.1, -0.05) is 44.2 Å². The Kier molecular flexibility index (Phi) is 5.97. The van der Waals surface area contributed by atoms with E-state index in [-0.39, 0.29) is 47.4 Å². The van der Waals surface area contributed by atoms with Gasteiger partial charge in [-0.05, 0) is 23.8 Å². The molecule has 2 amide bonds. The van der Waals surface area contributed by atoms with Crippen LogP contribution in [0.1, 0.15) is 32.3 Å². The van der Waals surface area contributed by atoms with Gasteiger partial charge in [-0.25, -0.2) is 0 Å². The number of aryl methyl sites for hydroxylation is 1. The summed E-state index contributed by atoms with van der Waals surface area (Å²) < 4.78 is 0. The van der Waals surface area contributed by atoms with Gasteiger partial charge in [0.1, 0.15) is 6.04 Å². The zero-order valence-electron chi connectivity index (χ0n) is 14.8. The minimum Gasteiger partial charge on any atom is -0.548 e. The molecule has 3 atom stereocenters. The summed E-state index contributed by atoms with van der Waals surface area (Å²) in [4.78, 5) is 37.1. The molecule has 1 N–H and O–H groups in total. The van der Waals surface area contributed by atoms with Gasteiger partial charge in [0.25, 0.3) is 0 Å². The smallest absolute Gasteiger partial charge is 0.548 e. The van der Waals surface area contributed by atoms with Crippen molar-refractivity contribution >= 4 is 17.8 Å². The van der Waals surface area contributed by atoms with Crippen LogP contribution in [0, 0.1) is 5.41 Å². The van der Waals surface area contributed by atoms with Crippen LogP contribution < -0.4 is 40.0 Å². The first-order chi connectivity index (χ1) is 11.3. The molecule has 6 nitrogen and oxygen atoms in total. The van der Waals surface area contributed by atoms with Crippen LogP contribution in [-0.4, -0.2) is 40.8 Å². The Morgan fingerprint density at radius 2 is 1.92 bits per heavy atom. The molecule has 0 spiro atoms. The van der Waals surface area contributed by atoms with E-state index in [1.807, 2.05) is 44.2 Å². The van der Waals surface area contributed by atoms with Crippen molar-refractivity contribution in [2.45, 2.75) is 51.2 Å². The van der Waals surface area contributed by atoms with Crippen molar-refractivity contribution in [3.8, 4) is 0 Å². The van der Waals surface area contributed by atoms with Gasteiger partial charge in [0.15, 0.2) is 0 Å². The van der Waals surface area contributed by atoms with Crippen LogP contribution in [0.5, 0.6) is 0 Å². The van der Waals surface area contributed by atoms with E-state index in [0.29, 0.717) is 19.3 Å². The van der Waals surface area contributed by atoms with Gasteiger partial charge in [0.2, 0.25) is 11.8 Å². The second kappa shape index (κ2) is 7.48. The number of carboxylic acid groups (broad SMARTS) is 1. The summed E-state index contributed by atoms with van der Waals surface area (Å²) in [7, 11) is 0. The molecular weight excluding hydrogens is 331 g/mol. The van der Waals surface area contributed by atoms with Crippen LogP contribution in [0.3, 0.4) is 0 Å². The Labute approximate surface area is 169 Å². The zero-order chi connectivity index (χ0) is 17.5. The largest absolute Gasteiger partial charge is 1.00 e. The molecule has 2 saturated heterocycles. The van der Waals surface area contributed by atoms with Crippen LogP contribution in [0.15, 0.2) is 30.3 Å². The van der Waals surface area contributed by atoms with Crippen LogP contribution in [0.25, 0.3) is 0 Å². The van der Waals surface area contributed by atoms with Crippen LogP contribution in [0.2, 0.25) is 0 Å². The fourth-order valence-electron chi connectivity index (χ4n) is 3.87. The number of carboxylic acids is 1. The van der Waals surface area contributed by atoms with E-state index in [2.05, 4.69) is 5.32 Å². The van der Waals surface area contributed by atoms with E-state index < -0.39 is 23.5 Å². The Bertz CT molecular complexity index is 677. The second-order valence-corrected chi connectivity index (χ2v) is 7.26. The molecule has 128 valence electrons. The third kappa shape index (κ3) is 3.76. The van der Waals surface area contributed by atoms with E-state index >= 15 is 0 Å². The van der Waals surface area contributed by atoms with Gasteiger partial charge in [-0.3, -0.25) is 9.59 Å². The number of nitrogens with one attached hydrogen (secondary N) is 1. The fourth-order valence-corrected chi connectivity index (χ4v) is 3.87. The molecular formula is C18H21N2NaO4. The van der Waals surface area contributed by atoms with E-state index in [1.165, 1.54) is 4.90 Å². The van der Waals surface area contributed by atoms with Gasteiger partial charge in [0.05, 0.1) is 18.1 Å². The Morgan fingerprint density at radius 3 is 2.52 bits per heavy atom. The average molecular weight is 352 g/mol. The first kappa shape index (κ1) is 19.9. The molecule has 2 aliphatic heterocycles. The maximum atomic E-state index is 12.3. The van der Waals surface area contributed by atoms with Crippen molar-refractivity contribution in [2.75, 3.05) is 0 Å². The average Bonchev–Trinajstić information content (AvgIpc) is 2.80. The maximum Gasteiger partial charge on any atom is 1.00 e. The topological polar surface area (TPSA) is 89.5 Å². The molecule has 0 saturated carbocycles. The summed E-state index contributed by atoms with van der Waals surface area (Å²) >= 11 is 0. The zero-order valence-corrected chi connectivity index (χ0v) is 16.8. The molecule has 0 aliphatic carbocycles. The SMILES string of the molecule is CC1(C)C[C@@H]2[C@H](NC(=O)CCc3ccccc3)C(=O)N2[C@H]1C(=O)[O-].[Na+]. The summed E-state index contributed by atoms with van der Waals surface area (Å²) in [5, 5.41) is 14.1. The number of β-lactam (4-membered cyclic amide) rings is 1. The minimum atomic E-state index is -1.23. The number of carbonyl (C=O) groups is 3. The molecule has 1 aromatic carbocycles. The Balaban J connectivity index is 0.00000225. The Hall–Kier alpha value is -1.37. The molecule has 0 aromatic heterocycles. The maximum absolute atomic E-state index is 12.3. The van der Waals surface area contributed by atoms with E-state index in [4.69, 9.17) is 0 Å². The number of rotatable bonds is 5. The first-order valence-electron chi connectivity index (χ1n) is 8.17. The number of benzene rings is 1. The van der Waals surface area contributed by atoms with Crippen LogP contribution in [0.4, 0.5) is 0 Å². The van der Waals surface area contributed by atoms with Crippen molar-refractivity contribution in [1.29, 1.82) is 0 Å². The normalized spacial score (nSPS) is 26.2. The van der Waals surface area contributed by atoms with Crippen LogP contribution >= 0.6 is 0 Å². The summed E-state index contributed by atoms with van der Waals surface area (Å²) in [5.41, 5.74) is 0.510. The predicted molar refractivity (Wildman–Crippen MR) is 84.5 cm³/mol. The molecule has 1 aromatic rings. The van der Waals surface area contributed by atoms with Crippen LogP contribution in [-0.2, 0) is 20.8 Å². The van der Waals surface area contributed by atoms with Gasteiger partial charge in [-0.15, -0.1) is 0 Å². The van der Waals surface area contributed by atoms with Gasteiger partial charge < -0.3 is 20.1 Å². The summed E-state index contributed by atoms with van der Waals surface area (Å²) in [6.45, 7) is 3.63. The van der Waals surface area contributed by atoms with Gasteiger partial charge in [0, 0.05) is 6.42 Å². The quantitative estimate of drug-likeness (QED) is 0.448. The molecule has 2 aliphatic rings. The molecule has 2 fully saturated rings. The van der Waals surface area contributed by atoms with Gasteiger partial charge >= 0.3 is 29.6 Å². The number of nitrogens with zero attached hydrogens (tertiary/aromatic N) is 1. The second-order valence-electron chi connectivity index (χ2n) is 7.26. The fraction of sp³-hybridized carbons (Fsp3) is 0.500. The standard InChI is InChI=1S/C18H22N2O4.Na/c1-18(2)10-12-14(16(22)20(12)15(18)17(23)24)19-13(21)9-8-11-6-4-3-5-7-11;/h3-7,12,14-15H,8-10H2,1-2H3,(H,19,21)(H,23,24);/q;+1/p-1/t12-,14+,15+;/m1./s1. The summed E-state index contributed by atoms with van der Waals surface area (Å²) in [6, 6.07) is 7.87. The number of aliphatic carboxylic acids is 1. The predicted octanol–water partition coefficient (Wildman–Crippen LogP) is -3.13. The molecule has 0 unspecified atom stereocenters. The number of carbonyl (C=O) groups excluding carboxylic acids is 3. The molecule has 25 heavy (non-hydrogen) atoms. The number of fused-ring (bicyclic) bond motifs is 1. The summed E-state index contributed by atoms with van der Waals surface area (Å²) in [6.07, 6.45) is 1.45. The number of hydrogen-bond acceptors (Lipinski definition) is 4. The van der Waals surface area contributed by atoms with Crippen molar-refractivity contribution in [2.24, 2.45) is 5.41 Å². The number of amides is 2.